The zero-order valence-electron chi connectivity index (χ0n) is 8.64. The Labute approximate surface area is 96.5 Å². The second-order valence-electron chi connectivity index (χ2n) is 3.45. The van der Waals surface area contributed by atoms with Crippen molar-refractivity contribution in [2.45, 2.75) is 0 Å². The van der Waals surface area contributed by atoms with Gasteiger partial charge in [-0.2, -0.15) is 0 Å². The molecule has 2 N–H and O–H groups in total. The third kappa shape index (κ3) is 2.32. The molecule has 0 spiro atoms. The molecule has 1 aromatic carbocycles. The lowest BCUT2D eigenvalue weighted by Gasteiger charge is -2.06. The van der Waals surface area contributed by atoms with Gasteiger partial charge in [0.25, 0.3) is 0 Å². The predicted molar refractivity (Wildman–Crippen MR) is 59.4 cm³/mol. The highest BCUT2D eigenvalue weighted by Gasteiger charge is 2.16. The monoisotopic (exact) mass is 235 g/mol. The normalized spacial score (nSPS) is 10.4. The van der Waals surface area contributed by atoms with Crippen LogP contribution in [0.3, 0.4) is 0 Å². The minimum atomic E-state index is -1.74. The number of halogens is 2. The molecular weight excluding hydrogens is 227 g/mol. The average molecular weight is 235 g/mol. The first-order valence-electron chi connectivity index (χ1n) is 4.86. The summed E-state index contributed by atoms with van der Waals surface area (Å²) in [7, 11) is -1.74. The maximum absolute atomic E-state index is 13.5. The summed E-state index contributed by atoms with van der Waals surface area (Å²) in [6.07, 6.45) is 1.33. The van der Waals surface area contributed by atoms with Crippen molar-refractivity contribution >= 4 is 12.6 Å². The van der Waals surface area contributed by atoms with E-state index in [1.54, 1.807) is 0 Å². The number of rotatable bonds is 2. The Morgan fingerprint density at radius 3 is 2.47 bits per heavy atom. The lowest BCUT2D eigenvalue weighted by atomic mass is 9.79. The van der Waals surface area contributed by atoms with Gasteiger partial charge in [0.15, 0.2) is 0 Å². The van der Waals surface area contributed by atoms with Crippen LogP contribution < -0.4 is 5.46 Å². The van der Waals surface area contributed by atoms with Crippen LogP contribution in [-0.4, -0.2) is 22.2 Å². The van der Waals surface area contributed by atoms with E-state index >= 15 is 0 Å². The van der Waals surface area contributed by atoms with E-state index < -0.39 is 18.8 Å². The molecule has 3 nitrogen and oxygen atoms in total. The smallest absolute Gasteiger partial charge is 0.423 e. The van der Waals surface area contributed by atoms with Crippen LogP contribution in [0.4, 0.5) is 8.78 Å². The molecule has 0 bridgehead atoms. The molecule has 0 unspecified atom stereocenters. The summed E-state index contributed by atoms with van der Waals surface area (Å²) >= 11 is 0. The third-order valence-electron chi connectivity index (χ3n) is 2.30. The van der Waals surface area contributed by atoms with Crippen molar-refractivity contribution in [2.24, 2.45) is 0 Å². The van der Waals surface area contributed by atoms with Gasteiger partial charge in [-0.05, 0) is 29.7 Å². The second-order valence-corrected chi connectivity index (χ2v) is 3.45. The Bertz CT molecular complexity index is 549. The van der Waals surface area contributed by atoms with Crippen LogP contribution in [0.2, 0.25) is 0 Å². The summed E-state index contributed by atoms with van der Waals surface area (Å²) < 4.78 is 27.0. The van der Waals surface area contributed by atoms with E-state index in [4.69, 9.17) is 10.0 Å². The van der Waals surface area contributed by atoms with Gasteiger partial charge in [0.05, 0.1) is 0 Å². The fraction of sp³-hybridized carbons (Fsp3) is 0. The van der Waals surface area contributed by atoms with E-state index in [-0.39, 0.29) is 16.7 Å². The molecule has 1 heterocycles. The molecule has 0 saturated heterocycles. The summed E-state index contributed by atoms with van der Waals surface area (Å²) in [5.74, 6) is -1.34. The number of nitrogens with zero attached hydrogens (tertiary/aromatic N) is 1. The van der Waals surface area contributed by atoms with Gasteiger partial charge >= 0.3 is 7.12 Å². The largest absolute Gasteiger partial charge is 0.488 e. The predicted octanol–water partition coefficient (Wildman–Crippen LogP) is 0.707. The molecule has 0 amide bonds. The summed E-state index contributed by atoms with van der Waals surface area (Å²) in [5.41, 5.74) is -0.187. The van der Waals surface area contributed by atoms with Gasteiger partial charge in [0.2, 0.25) is 0 Å². The number of hydrogen-bond donors (Lipinski definition) is 2. The summed E-state index contributed by atoms with van der Waals surface area (Å²) in [4.78, 5) is 3.73. The first kappa shape index (κ1) is 11.7. The minimum Gasteiger partial charge on any atom is -0.423 e. The van der Waals surface area contributed by atoms with Crippen molar-refractivity contribution in [3.63, 3.8) is 0 Å². The molecular formula is C11H8BF2NO2. The highest BCUT2D eigenvalue weighted by Crippen LogP contribution is 2.22. The lowest BCUT2D eigenvalue weighted by Crippen LogP contribution is -2.29. The fourth-order valence-corrected chi connectivity index (χ4v) is 1.47. The molecule has 0 aliphatic carbocycles. The second kappa shape index (κ2) is 4.61. The maximum atomic E-state index is 13.5. The number of benzene rings is 1. The number of aromatic nitrogens is 1. The van der Waals surface area contributed by atoms with E-state index in [0.717, 1.165) is 18.2 Å². The zero-order valence-corrected chi connectivity index (χ0v) is 8.64. The lowest BCUT2D eigenvalue weighted by molar-refractivity contribution is 0.425. The molecule has 0 fully saturated rings. The van der Waals surface area contributed by atoms with Gasteiger partial charge < -0.3 is 10.0 Å². The van der Waals surface area contributed by atoms with Crippen molar-refractivity contribution < 1.29 is 18.8 Å². The van der Waals surface area contributed by atoms with Crippen molar-refractivity contribution in [2.75, 3.05) is 0 Å². The molecule has 1 aromatic heterocycles. The first-order valence-corrected chi connectivity index (χ1v) is 4.86. The molecule has 86 valence electrons. The Morgan fingerprint density at radius 1 is 1.06 bits per heavy atom. The third-order valence-corrected chi connectivity index (χ3v) is 2.30. The van der Waals surface area contributed by atoms with Crippen molar-refractivity contribution in [3.8, 4) is 11.3 Å². The van der Waals surface area contributed by atoms with E-state index in [0.29, 0.717) is 0 Å². The van der Waals surface area contributed by atoms with Gasteiger partial charge in [-0.25, -0.2) is 8.78 Å². The van der Waals surface area contributed by atoms with E-state index in [1.807, 2.05) is 0 Å². The van der Waals surface area contributed by atoms with Gasteiger partial charge in [-0.15, -0.1) is 0 Å². The molecule has 0 radical (unpaired) electrons. The number of pyridine rings is 1. The van der Waals surface area contributed by atoms with Crippen molar-refractivity contribution in [3.05, 3.63) is 48.2 Å². The van der Waals surface area contributed by atoms with Crippen LogP contribution in [0, 0.1) is 11.6 Å². The number of hydrogen-bond acceptors (Lipinski definition) is 3. The zero-order chi connectivity index (χ0) is 12.4. The highest BCUT2D eigenvalue weighted by molar-refractivity contribution is 6.58. The Kier molecular flexibility index (Phi) is 3.17. The van der Waals surface area contributed by atoms with Gasteiger partial charge in [-0.1, -0.05) is 6.07 Å². The molecule has 0 aliphatic rings. The van der Waals surface area contributed by atoms with Crippen LogP contribution >= 0.6 is 0 Å². The van der Waals surface area contributed by atoms with E-state index in [2.05, 4.69) is 4.98 Å². The van der Waals surface area contributed by atoms with E-state index in [9.17, 15) is 8.78 Å². The van der Waals surface area contributed by atoms with Crippen LogP contribution in [0.15, 0.2) is 36.5 Å². The summed E-state index contributed by atoms with van der Waals surface area (Å²) in [5, 5.41) is 17.9. The standard InChI is InChI=1S/C11H8BF2NO2/c13-9-4-3-7(12(16)17)6-8(9)11-10(14)2-1-5-15-11/h1-6,16-17H. The molecule has 2 aromatic rings. The SMILES string of the molecule is OB(O)c1ccc(F)c(-c2ncccc2F)c1. The molecule has 2 rings (SSSR count). The molecule has 0 saturated carbocycles. The quantitative estimate of drug-likeness (QED) is 0.753. The van der Waals surface area contributed by atoms with Crippen LogP contribution in [-0.2, 0) is 0 Å². The average Bonchev–Trinajstić information content (AvgIpc) is 2.30. The first-order chi connectivity index (χ1) is 8.09. The topological polar surface area (TPSA) is 53.4 Å². The molecule has 17 heavy (non-hydrogen) atoms. The summed E-state index contributed by atoms with van der Waals surface area (Å²) in [6.45, 7) is 0. The highest BCUT2D eigenvalue weighted by atomic mass is 19.1. The van der Waals surface area contributed by atoms with E-state index in [1.165, 1.54) is 18.3 Å². The van der Waals surface area contributed by atoms with Gasteiger partial charge in [0, 0.05) is 11.8 Å². The van der Waals surface area contributed by atoms with Crippen molar-refractivity contribution in [1.82, 2.24) is 4.98 Å². The van der Waals surface area contributed by atoms with Gasteiger partial charge in [0.1, 0.15) is 17.3 Å². The van der Waals surface area contributed by atoms with Crippen LogP contribution in [0.1, 0.15) is 0 Å². The minimum absolute atomic E-state index is 0.0754. The Hall–Kier alpha value is -1.79. The Balaban J connectivity index is 2.59. The maximum Gasteiger partial charge on any atom is 0.488 e. The molecule has 6 heteroatoms. The van der Waals surface area contributed by atoms with Crippen LogP contribution in [0.5, 0.6) is 0 Å². The Morgan fingerprint density at radius 2 is 1.82 bits per heavy atom. The summed E-state index contributed by atoms with van der Waals surface area (Å²) in [6, 6.07) is 5.96. The fourth-order valence-electron chi connectivity index (χ4n) is 1.47. The molecule has 0 aliphatic heterocycles. The van der Waals surface area contributed by atoms with Gasteiger partial charge in [-0.3, -0.25) is 4.98 Å². The van der Waals surface area contributed by atoms with Crippen LogP contribution in [0.25, 0.3) is 11.3 Å². The molecule has 0 atom stereocenters. The van der Waals surface area contributed by atoms with Crippen molar-refractivity contribution in [1.29, 1.82) is 0 Å².